The van der Waals surface area contributed by atoms with Crippen LogP contribution in [0.2, 0.25) is 0 Å². The van der Waals surface area contributed by atoms with Crippen molar-refractivity contribution >= 4 is 24.4 Å². The van der Waals surface area contributed by atoms with Gasteiger partial charge < -0.3 is 0 Å². The maximum atomic E-state index is 10.5. The SMILES string of the molecule is CC(=O)NC(=O)NC(=O)NC=O. The zero-order chi connectivity index (χ0) is 9.56. The fourth-order valence-electron chi connectivity index (χ4n) is 0.384. The first-order valence-corrected chi connectivity index (χ1v) is 2.89. The largest absolute Gasteiger partial charge is 0.329 e. The van der Waals surface area contributed by atoms with E-state index in [0.717, 1.165) is 6.92 Å². The van der Waals surface area contributed by atoms with E-state index in [9.17, 15) is 19.2 Å². The van der Waals surface area contributed by atoms with Crippen molar-refractivity contribution in [1.29, 1.82) is 0 Å². The van der Waals surface area contributed by atoms with E-state index in [0.29, 0.717) is 0 Å². The van der Waals surface area contributed by atoms with E-state index in [2.05, 4.69) is 0 Å². The number of amides is 6. The van der Waals surface area contributed by atoms with Crippen LogP contribution < -0.4 is 16.0 Å². The predicted octanol–water partition coefficient (Wildman–Crippen LogP) is -1.30. The molecule has 0 fully saturated rings. The minimum absolute atomic E-state index is 0.108. The van der Waals surface area contributed by atoms with Crippen molar-refractivity contribution < 1.29 is 19.2 Å². The second-order valence-electron chi connectivity index (χ2n) is 1.73. The van der Waals surface area contributed by atoms with E-state index in [-0.39, 0.29) is 6.41 Å². The molecule has 0 saturated carbocycles. The monoisotopic (exact) mass is 173 g/mol. The summed E-state index contributed by atoms with van der Waals surface area (Å²) in [5.74, 6) is -0.605. The van der Waals surface area contributed by atoms with E-state index in [4.69, 9.17) is 0 Å². The fourth-order valence-corrected chi connectivity index (χ4v) is 0.384. The summed E-state index contributed by atoms with van der Waals surface area (Å²) in [6.45, 7) is 1.11. The highest BCUT2D eigenvalue weighted by atomic mass is 16.2. The number of carbonyl (C=O) groups excluding carboxylic acids is 4. The summed E-state index contributed by atoms with van der Waals surface area (Å²) in [5, 5.41) is 5.07. The van der Waals surface area contributed by atoms with Crippen molar-refractivity contribution in [2.75, 3.05) is 0 Å². The van der Waals surface area contributed by atoms with Gasteiger partial charge in [-0.15, -0.1) is 0 Å². The molecule has 6 amide bonds. The topological polar surface area (TPSA) is 104 Å². The summed E-state index contributed by atoms with van der Waals surface area (Å²) in [7, 11) is 0. The summed E-state index contributed by atoms with van der Waals surface area (Å²) < 4.78 is 0. The van der Waals surface area contributed by atoms with Crippen LogP contribution in [-0.2, 0) is 9.59 Å². The molecule has 7 nitrogen and oxygen atoms in total. The molecule has 0 aliphatic rings. The van der Waals surface area contributed by atoms with Gasteiger partial charge in [-0.2, -0.15) is 0 Å². The zero-order valence-electron chi connectivity index (χ0n) is 6.21. The van der Waals surface area contributed by atoms with Gasteiger partial charge in [-0.25, -0.2) is 9.59 Å². The quantitative estimate of drug-likeness (QED) is 0.428. The van der Waals surface area contributed by atoms with Crippen molar-refractivity contribution in [1.82, 2.24) is 16.0 Å². The summed E-state index contributed by atoms with van der Waals surface area (Å²) in [6, 6.07) is -1.98. The van der Waals surface area contributed by atoms with E-state index < -0.39 is 18.0 Å². The highest BCUT2D eigenvalue weighted by Crippen LogP contribution is 1.66. The van der Waals surface area contributed by atoms with Gasteiger partial charge in [-0.3, -0.25) is 25.5 Å². The molecule has 0 aromatic carbocycles. The van der Waals surface area contributed by atoms with Crippen LogP contribution in [0.3, 0.4) is 0 Å². The van der Waals surface area contributed by atoms with Crippen molar-refractivity contribution in [3.63, 3.8) is 0 Å². The number of rotatable bonds is 1. The van der Waals surface area contributed by atoms with Crippen molar-refractivity contribution in [2.45, 2.75) is 6.92 Å². The standard InChI is InChI=1S/C5H7N3O4/c1-3(10)7-5(12)8-4(11)6-2-9/h2H,1H3,(H3,6,7,8,9,10,11,12). The Morgan fingerprint density at radius 3 is 2.08 bits per heavy atom. The van der Waals surface area contributed by atoms with Gasteiger partial charge in [0.15, 0.2) is 0 Å². The lowest BCUT2D eigenvalue weighted by Crippen LogP contribution is -2.45. The second-order valence-corrected chi connectivity index (χ2v) is 1.73. The Bertz CT molecular complexity index is 225. The van der Waals surface area contributed by atoms with Crippen molar-refractivity contribution in [3.05, 3.63) is 0 Å². The molecule has 3 N–H and O–H groups in total. The first-order chi connectivity index (χ1) is 5.56. The average molecular weight is 173 g/mol. The Morgan fingerprint density at radius 1 is 1.08 bits per heavy atom. The van der Waals surface area contributed by atoms with Gasteiger partial charge in [-0.1, -0.05) is 0 Å². The Hall–Kier alpha value is -1.92. The van der Waals surface area contributed by atoms with E-state index in [1.165, 1.54) is 0 Å². The lowest BCUT2D eigenvalue weighted by molar-refractivity contribution is -0.117. The molecule has 0 spiro atoms. The molecule has 12 heavy (non-hydrogen) atoms. The molecule has 7 heteroatoms. The Kier molecular flexibility index (Phi) is 4.06. The molecular formula is C5H7N3O4. The smallest absolute Gasteiger partial charge is 0.280 e. The minimum atomic E-state index is -0.997. The van der Waals surface area contributed by atoms with Gasteiger partial charge >= 0.3 is 12.1 Å². The first kappa shape index (κ1) is 10.1. The lowest BCUT2D eigenvalue weighted by Gasteiger charge is -2.00. The van der Waals surface area contributed by atoms with E-state index in [1.807, 2.05) is 0 Å². The first-order valence-electron chi connectivity index (χ1n) is 2.89. The van der Waals surface area contributed by atoms with Crippen LogP contribution in [0.25, 0.3) is 0 Å². The van der Waals surface area contributed by atoms with Gasteiger partial charge in [0, 0.05) is 6.92 Å². The molecular weight excluding hydrogens is 166 g/mol. The molecule has 0 aromatic rings. The van der Waals surface area contributed by atoms with Crippen LogP contribution in [0.4, 0.5) is 9.59 Å². The number of carbonyl (C=O) groups is 4. The summed E-state index contributed by atoms with van der Waals surface area (Å²) in [5.41, 5.74) is 0. The highest BCUT2D eigenvalue weighted by Gasteiger charge is 2.06. The Labute approximate surface area is 67.5 Å². The molecule has 0 saturated heterocycles. The van der Waals surface area contributed by atoms with E-state index >= 15 is 0 Å². The van der Waals surface area contributed by atoms with Crippen LogP contribution in [0.1, 0.15) is 6.92 Å². The van der Waals surface area contributed by atoms with Crippen LogP contribution in [0.5, 0.6) is 0 Å². The third-order valence-electron chi connectivity index (χ3n) is 0.707. The predicted molar refractivity (Wildman–Crippen MR) is 36.9 cm³/mol. The molecule has 0 heterocycles. The Morgan fingerprint density at radius 2 is 1.67 bits per heavy atom. The van der Waals surface area contributed by atoms with Gasteiger partial charge in [0.05, 0.1) is 0 Å². The van der Waals surface area contributed by atoms with Gasteiger partial charge in [-0.05, 0) is 0 Å². The molecule has 0 unspecified atom stereocenters. The third kappa shape index (κ3) is 4.91. The maximum Gasteiger partial charge on any atom is 0.329 e. The number of nitrogens with one attached hydrogen (secondary N) is 3. The number of imide groups is 3. The van der Waals surface area contributed by atoms with Crippen LogP contribution in [0.15, 0.2) is 0 Å². The summed E-state index contributed by atoms with van der Waals surface area (Å²) in [6.07, 6.45) is 0.108. The van der Waals surface area contributed by atoms with Crippen molar-refractivity contribution in [3.8, 4) is 0 Å². The number of urea groups is 2. The van der Waals surface area contributed by atoms with Crippen LogP contribution in [-0.4, -0.2) is 24.4 Å². The second kappa shape index (κ2) is 4.83. The van der Waals surface area contributed by atoms with Crippen LogP contribution in [0, 0.1) is 0 Å². The third-order valence-corrected chi connectivity index (χ3v) is 0.707. The molecule has 0 aromatic heterocycles. The normalized spacial score (nSPS) is 8.08. The molecule has 0 radical (unpaired) electrons. The fraction of sp³-hybridized carbons (Fsp3) is 0.200. The minimum Gasteiger partial charge on any atom is -0.280 e. The number of hydrogen-bond donors (Lipinski definition) is 3. The van der Waals surface area contributed by atoms with Gasteiger partial charge in [0.1, 0.15) is 0 Å². The molecule has 0 bridgehead atoms. The number of hydrogen-bond acceptors (Lipinski definition) is 4. The zero-order valence-corrected chi connectivity index (χ0v) is 6.21. The van der Waals surface area contributed by atoms with Crippen LogP contribution >= 0.6 is 0 Å². The molecule has 0 rings (SSSR count). The van der Waals surface area contributed by atoms with Crippen molar-refractivity contribution in [2.24, 2.45) is 0 Å². The van der Waals surface area contributed by atoms with Gasteiger partial charge in [0.2, 0.25) is 12.3 Å². The Balaban J connectivity index is 3.76. The molecule has 66 valence electrons. The lowest BCUT2D eigenvalue weighted by atomic mass is 10.7. The summed E-state index contributed by atoms with van der Waals surface area (Å²) in [4.78, 5) is 40.8. The van der Waals surface area contributed by atoms with E-state index in [1.54, 1.807) is 16.0 Å². The average Bonchev–Trinajstić information content (AvgIpc) is 1.84. The van der Waals surface area contributed by atoms with Gasteiger partial charge in [0.25, 0.3) is 0 Å². The summed E-state index contributed by atoms with van der Waals surface area (Å²) >= 11 is 0. The highest BCUT2D eigenvalue weighted by molar-refractivity contribution is 6.02. The molecule has 0 aliphatic heterocycles. The molecule has 0 aliphatic carbocycles. The maximum absolute atomic E-state index is 10.5. The molecule has 0 atom stereocenters.